The lowest BCUT2D eigenvalue weighted by Crippen LogP contribution is -2.52. The highest BCUT2D eigenvalue weighted by Gasteiger charge is 2.34. The molecule has 2 aromatic carbocycles. The number of nitrogens with zero attached hydrogens (tertiary/aromatic N) is 1. The van der Waals surface area contributed by atoms with Gasteiger partial charge in [-0.05, 0) is 42.0 Å². The number of benzene rings is 2. The van der Waals surface area contributed by atoms with Crippen LogP contribution >= 0.6 is 0 Å². The minimum atomic E-state index is -0.561. The standard InChI is InChI=1S/C21H22N2O2/c24-20-19(17-5-2-1-3-6-17)23(14-13-22-20)21(25)18-11-9-16(10-12-18)15-7-4-8-15/h1-3,5-6,9-12,15,19H,4,7-8,13-14H2,(H,22,24). The third-order valence-corrected chi connectivity index (χ3v) is 5.32. The Morgan fingerprint density at radius 2 is 1.68 bits per heavy atom. The van der Waals surface area contributed by atoms with Crippen molar-refractivity contribution in [3.05, 3.63) is 71.3 Å². The molecule has 25 heavy (non-hydrogen) atoms. The fourth-order valence-electron chi connectivity index (χ4n) is 3.66. The fourth-order valence-corrected chi connectivity index (χ4v) is 3.66. The van der Waals surface area contributed by atoms with Crippen molar-refractivity contribution in [2.24, 2.45) is 0 Å². The summed E-state index contributed by atoms with van der Waals surface area (Å²) in [4.78, 5) is 27.2. The zero-order valence-corrected chi connectivity index (χ0v) is 14.2. The van der Waals surface area contributed by atoms with E-state index < -0.39 is 6.04 Å². The molecule has 2 aromatic rings. The normalized spacial score (nSPS) is 20.7. The maximum atomic E-state index is 13.0. The molecule has 1 saturated carbocycles. The Bertz CT molecular complexity index is 766. The first-order chi connectivity index (χ1) is 12.2. The first-order valence-electron chi connectivity index (χ1n) is 8.97. The predicted molar refractivity (Wildman–Crippen MR) is 96.3 cm³/mol. The summed E-state index contributed by atoms with van der Waals surface area (Å²) in [6.07, 6.45) is 3.79. The summed E-state index contributed by atoms with van der Waals surface area (Å²) in [7, 11) is 0. The van der Waals surface area contributed by atoms with Gasteiger partial charge in [-0.25, -0.2) is 0 Å². The van der Waals surface area contributed by atoms with Crippen molar-refractivity contribution in [2.75, 3.05) is 13.1 Å². The van der Waals surface area contributed by atoms with Crippen molar-refractivity contribution in [1.82, 2.24) is 10.2 Å². The van der Waals surface area contributed by atoms with Gasteiger partial charge in [-0.15, -0.1) is 0 Å². The second-order valence-corrected chi connectivity index (χ2v) is 6.85. The number of amides is 2. The van der Waals surface area contributed by atoms with Crippen LogP contribution in [0.4, 0.5) is 0 Å². The molecule has 0 aromatic heterocycles. The van der Waals surface area contributed by atoms with Crippen LogP contribution in [0.25, 0.3) is 0 Å². The van der Waals surface area contributed by atoms with Crippen molar-refractivity contribution in [3.8, 4) is 0 Å². The first kappa shape index (κ1) is 15.9. The van der Waals surface area contributed by atoms with E-state index in [1.54, 1.807) is 4.90 Å². The molecule has 0 radical (unpaired) electrons. The van der Waals surface area contributed by atoms with E-state index in [2.05, 4.69) is 17.4 Å². The highest BCUT2D eigenvalue weighted by atomic mass is 16.2. The van der Waals surface area contributed by atoms with Gasteiger partial charge in [0.15, 0.2) is 0 Å². The van der Waals surface area contributed by atoms with Crippen LogP contribution in [-0.2, 0) is 4.79 Å². The fraction of sp³-hybridized carbons (Fsp3) is 0.333. The van der Waals surface area contributed by atoms with Gasteiger partial charge in [0.1, 0.15) is 6.04 Å². The summed E-state index contributed by atoms with van der Waals surface area (Å²) in [6.45, 7) is 1.02. The zero-order valence-electron chi connectivity index (χ0n) is 14.2. The van der Waals surface area contributed by atoms with E-state index in [1.165, 1.54) is 24.8 Å². The van der Waals surface area contributed by atoms with E-state index in [1.807, 2.05) is 42.5 Å². The molecule has 4 nitrogen and oxygen atoms in total. The zero-order chi connectivity index (χ0) is 17.2. The van der Waals surface area contributed by atoms with Gasteiger partial charge in [-0.2, -0.15) is 0 Å². The Morgan fingerprint density at radius 1 is 0.960 bits per heavy atom. The Hall–Kier alpha value is -2.62. The summed E-state index contributed by atoms with van der Waals surface area (Å²) in [5, 5.41) is 2.87. The van der Waals surface area contributed by atoms with Gasteiger partial charge in [0.05, 0.1) is 0 Å². The average Bonchev–Trinajstić information content (AvgIpc) is 2.61. The number of rotatable bonds is 3. The van der Waals surface area contributed by atoms with Crippen LogP contribution in [-0.4, -0.2) is 29.8 Å². The molecule has 2 fully saturated rings. The van der Waals surface area contributed by atoms with Gasteiger partial charge in [0, 0.05) is 18.7 Å². The predicted octanol–water partition coefficient (Wildman–Crippen LogP) is 3.27. The monoisotopic (exact) mass is 334 g/mol. The van der Waals surface area contributed by atoms with Crippen LogP contribution in [0.1, 0.15) is 52.7 Å². The molecule has 2 amide bonds. The Balaban J connectivity index is 1.59. The molecule has 0 bridgehead atoms. The van der Waals surface area contributed by atoms with Crippen molar-refractivity contribution in [1.29, 1.82) is 0 Å². The van der Waals surface area contributed by atoms with E-state index in [9.17, 15) is 9.59 Å². The van der Waals surface area contributed by atoms with Gasteiger partial charge in [-0.3, -0.25) is 9.59 Å². The third-order valence-electron chi connectivity index (χ3n) is 5.32. The summed E-state index contributed by atoms with van der Waals surface area (Å²) < 4.78 is 0. The minimum Gasteiger partial charge on any atom is -0.352 e. The van der Waals surface area contributed by atoms with Crippen LogP contribution in [0.15, 0.2) is 54.6 Å². The van der Waals surface area contributed by atoms with Crippen LogP contribution in [0.2, 0.25) is 0 Å². The molecule has 1 aliphatic heterocycles. The van der Waals surface area contributed by atoms with E-state index >= 15 is 0 Å². The lowest BCUT2D eigenvalue weighted by Gasteiger charge is -2.35. The quantitative estimate of drug-likeness (QED) is 0.936. The molecule has 1 unspecified atom stereocenters. The molecule has 128 valence electrons. The van der Waals surface area contributed by atoms with E-state index in [-0.39, 0.29) is 11.8 Å². The average molecular weight is 334 g/mol. The summed E-state index contributed by atoms with van der Waals surface area (Å²) in [5.41, 5.74) is 2.82. The molecular formula is C21H22N2O2. The lowest BCUT2D eigenvalue weighted by atomic mass is 9.80. The number of nitrogens with one attached hydrogen (secondary N) is 1. The van der Waals surface area contributed by atoms with E-state index in [0.717, 1.165) is 5.56 Å². The summed E-state index contributed by atoms with van der Waals surface area (Å²) in [6, 6.07) is 16.9. The van der Waals surface area contributed by atoms with Gasteiger partial charge >= 0.3 is 0 Å². The van der Waals surface area contributed by atoms with Gasteiger partial charge in [0.25, 0.3) is 5.91 Å². The smallest absolute Gasteiger partial charge is 0.254 e. The van der Waals surface area contributed by atoms with E-state index in [4.69, 9.17) is 0 Å². The second kappa shape index (κ2) is 6.71. The molecule has 1 saturated heterocycles. The van der Waals surface area contributed by atoms with Crippen molar-refractivity contribution in [2.45, 2.75) is 31.2 Å². The van der Waals surface area contributed by atoms with Crippen molar-refractivity contribution < 1.29 is 9.59 Å². The molecule has 2 aliphatic rings. The number of piperazine rings is 1. The van der Waals surface area contributed by atoms with Crippen LogP contribution in [0.5, 0.6) is 0 Å². The number of carbonyl (C=O) groups excluding carboxylic acids is 2. The van der Waals surface area contributed by atoms with Crippen molar-refractivity contribution >= 4 is 11.8 Å². The highest BCUT2D eigenvalue weighted by Crippen LogP contribution is 2.36. The number of carbonyl (C=O) groups is 2. The van der Waals surface area contributed by atoms with E-state index in [0.29, 0.717) is 24.6 Å². The molecule has 4 heteroatoms. The number of hydrogen-bond donors (Lipinski definition) is 1. The minimum absolute atomic E-state index is 0.0798. The molecule has 1 atom stereocenters. The maximum Gasteiger partial charge on any atom is 0.254 e. The highest BCUT2D eigenvalue weighted by molar-refractivity contribution is 5.98. The van der Waals surface area contributed by atoms with Gasteiger partial charge in [-0.1, -0.05) is 48.9 Å². The summed E-state index contributed by atoms with van der Waals surface area (Å²) in [5.74, 6) is 0.461. The molecule has 1 N–H and O–H groups in total. The van der Waals surface area contributed by atoms with Crippen molar-refractivity contribution in [3.63, 3.8) is 0 Å². The molecule has 1 aliphatic carbocycles. The molecule has 4 rings (SSSR count). The topological polar surface area (TPSA) is 49.4 Å². The molecular weight excluding hydrogens is 312 g/mol. The van der Waals surface area contributed by atoms with Crippen LogP contribution < -0.4 is 5.32 Å². The molecule has 1 heterocycles. The summed E-state index contributed by atoms with van der Waals surface area (Å²) >= 11 is 0. The first-order valence-corrected chi connectivity index (χ1v) is 8.97. The van der Waals surface area contributed by atoms with Gasteiger partial charge < -0.3 is 10.2 Å². The SMILES string of the molecule is O=C1NCCN(C(=O)c2ccc(C3CCC3)cc2)C1c1ccccc1. The Morgan fingerprint density at radius 3 is 2.32 bits per heavy atom. The van der Waals surface area contributed by atoms with Gasteiger partial charge in [0.2, 0.25) is 5.91 Å². The third kappa shape index (κ3) is 3.04. The Kier molecular flexibility index (Phi) is 4.26. The van der Waals surface area contributed by atoms with Crippen LogP contribution in [0.3, 0.4) is 0 Å². The molecule has 0 spiro atoms. The number of hydrogen-bond acceptors (Lipinski definition) is 2. The van der Waals surface area contributed by atoms with Crippen LogP contribution in [0, 0.1) is 0 Å². The maximum absolute atomic E-state index is 13.0. The second-order valence-electron chi connectivity index (χ2n) is 6.85. The largest absolute Gasteiger partial charge is 0.352 e. The Labute approximate surface area is 147 Å². The lowest BCUT2D eigenvalue weighted by molar-refractivity contribution is -0.128.